The van der Waals surface area contributed by atoms with Gasteiger partial charge in [0.1, 0.15) is 17.2 Å². The molecule has 6 heteroatoms. The van der Waals surface area contributed by atoms with Crippen molar-refractivity contribution in [1.82, 2.24) is 9.38 Å². The van der Waals surface area contributed by atoms with Crippen molar-refractivity contribution in [3.8, 4) is 22.8 Å². The van der Waals surface area contributed by atoms with Crippen LogP contribution in [0.15, 0.2) is 72.9 Å². The standard InChI is InChI=1S/C24H23N3O3/c1-29-19-13-11-17(16-20(19)30-2)12-14-22(28)26-24-23(18-8-4-3-5-9-18)25-21-10-6-7-15-27(21)24/h3-11,13,15-16H,12,14H2,1-2H3,(H,26,28). The Morgan fingerprint density at radius 3 is 2.50 bits per heavy atom. The number of hydrogen-bond acceptors (Lipinski definition) is 4. The number of rotatable bonds is 7. The van der Waals surface area contributed by atoms with E-state index in [-0.39, 0.29) is 5.91 Å². The molecule has 0 aliphatic carbocycles. The largest absolute Gasteiger partial charge is 0.493 e. The summed E-state index contributed by atoms with van der Waals surface area (Å²) in [4.78, 5) is 17.5. The zero-order valence-electron chi connectivity index (χ0n) is 17.0. The number of fused-ring (bicyclic) bond motifs is 1. The lowest BCUT2D eigenvalue weighted by Gasteiger charge is -2.10. The molecule has 1 N–H and O–H groups in total. The van der Waals surface area contributed by atoms with E-state index < -0.39 is 0 Å². The zero-order chi connectivity index (χ0) is 20.9. The van der Waals surface area contributed by atoms with Gasteiger partial charge >= 0.3 is 0 Å². The van der Waals surface area contributed by atoms with Crippen LogP contribution in [0.1, 0.15) is 12.0 Å². The third-order valence-corrected chi connectivity index (χ3v) is 4.92. The van der Waals surface area contributed by atoms with Gasteiger partial charge in [0.25, 0.3) is 0 Å². The van der Waals surface area contributed by atoms with E-state index in [0.29, 0.717) is 30.2 Å². The van der Waals surface area contributed by atoms with Gasteiger partial charge in [0.05, 0.1) is 14.2 Å². The molecule has 0 fully saturated rings. The number of carbonyl (C=O) groups excluding carboxylic acids is 1. The van der Waals surface area contributed by atoms with Crippen LogP contribution in [0, 0.1) is 0 Å². The van der Waals surface area contributed by atoms with Gasteiger partial charge < -0.3 is 14.8 Å². The molecule has 4 rings (SSSR count). The van der Waals surface area contributed by atoms with Crippen LogP contribution < -0.4 is 14.8 Å². The van der Waals surface area contributed by atoms with Crippen LogP contribution in [0.25, 0.3) is 16.9 Å². The maximum absolute atomic E-state index is 12.8. The summed E-state index contributed by atoms with van der Waals surface area (Å²) in [6.45, 7) is 0. The number of hydrogen-bond donors (Lipinski definition) is 1. The lowest BCUT2D eigenvalue weighted by atomic mass is 10.1. The summed E-state index contributed by atoms with van der Waals surface area (Å²) in [5.74, 6) is 1.93. The molecule has 0 bridgehead atoms. The number of amides is 1. The highest BCUT2D eigenvalue weighted by molar-refractivity contribution is 5.94. The van der Waals surface area contributed by atoms with Crippen molar-refractivity contribution in [1.29, 1.82) is 0 Å². The van der Waals surface area contributed by atoms with Gasteiger partial charge in [-0.2, -0.15) is 0 Å². The summed E-state index contributed by atoms with van der Waals surface area (Å²) in [6.07, 6.45) is 2.83. The maximum Gasteiger partial charge on any atom is 0.225 e. The monoisotopic (exact) mass is 401 g/mol. The third-order valence-electron chi connectivity index (χ3n) is 4.92. The van der Waals surface area contributed by atoms with Crippen molar-refractivity contribution in [2.24, 2.45) is 0 Å². The number of nitrogens with one attached hydrogen (secondary N) is 1. The van der Waals surface area contributed by atoms with Gasteiger partial charge in [0.2, 0.25) is 5.91 Å². The number of benzene rings is 2. The molecule has 0 aliphatic rings. The fraction of sp³-hybridized carbons (Fsp3) is 0.167. The molecule has 152 valence electrons. The zero-order valence-corrected chi connectivity index (χ0v) is 17.0. The van der Waals surface area contributed by atoms with E-state index in [1.54, 1.807) is 14.2 Å². The van der Waals surface area contributed by atoms with Gasteiger partial charge in [-0.1, -0.05) is 42.5 Å². The predicted octanol–water partition coefficient (Wildman–Crippen LogP) is 4.59. The minimum atomic E-state index is -0.0763. The first-order valence-corrected chi connectivity index (χ1v) is 9.73. The van der Waals surface area contributed by atoms with E-state index in [1.807, 2.05) is 77.3 Å². The molecule has 0 radical (unpaired) electrons. The summed E-state index contributed by atoms with van der Waals surface area (Å²) in [5.41, 5.74) is 3.49. The van der Waals surface area contributed by atoms with Gasteiger partial charge in [0.15, 0.2) is 11.5 Å². The van der Waals surface area contributed by atoms with Gasteiger partial charge in [-0.05, 0) is 36.2 Å². The normalized spacial score (nSPS) is 10.7. The molecule has 1 amide bonds. The Hall–Kier alpha value is -3.80. The van der Waals surface area contributed by atoms with Crippen LogP contribution in [-0.2, 0) is 11.2 Å². The lowest BCUT2D eigenvalue weighted by molar-refractivity contribution is -0.116. The number of imidazole rings is 1. The molecule has 2 aromatic carbocycles. The molecule has 4 aromatic rings. The molecule has 0 spiro atoms. The van der Waals surface area contributed by atoms with Gasteiger partial charge in [-0.15, -0.1) is 0 Å². The lowest BCUT2D eigenvalue weighted by Crippen LogP contribution is -2.14. The second-order valence-electron chi connectivity index (χ2n) is 6.84. The number of aryl methyl sites for hydroxylation is 1. The van der Waals surface area contributed by atoms with Crippen molar-refractivity contribution in [2.75, 3.05) is 19.5 Å². The fourth-order valence-electron chi connectivity index (χ4n) is 3.40. The highest BCUT2D eigenvalue weighted by Crippen LogP contribution is 2.30. The summed E-state index contributed by atoms with van der Waals surface area (Å²) < 4.78 is 12.5. The summed E-state index contributed by atoms with van der Waals surface area (Å²) in [5, 5.41) is 3.06. The average molecular weight is 401 g/mol. The molecule has 2 aromatic heterocycles. The number of ether oxygens (including phenoxy) is 2. The number of pyridine rings is 1. The van der Waals surface area contributed by atoms with E-state index in [9.17, 15) is 4.79 Å². The first-order valence-electron chi connectivity index (χ1n) is 9.73. The number of carbonyl (C=O) groups is 1. The summed E-state index contributed by atoms with van der Waals surface area (Å²) in [7, 11) is 3.20. The van der Waals surface area contributed by atoms with Crippen LogP contribution >= 0.6 is 0 Å². The minimum Gasteiger partial charge on any atom is -0.493 e. The Kier molecular flexibility index (Phi) is 5.66. The third kappa shape index (κ3) is 3.98. The van der Waals surface area contributed by atoms with Gasteiger partial charge in [-0.3, -0.25) is 9.20 Å². The minimum absolute atomic E-state index is 0.0763. The molecule has 6 nitrogen and oxygen atoms in total. The number of nitrogens with zero attached hydrogens (tertiary/aromatic N) is 2. The SMILES string of the molecule is COc1ccc(CCC(=O)Nc2c(-c3ccccc3)nc3ccccn23)cc1OC. The van der Waals surface area contributed by atoms with Crippen LogP contribution in [0.2, 0.25) is 0 Å². The van der Waals surface area contributed by atoms with Crippen molar-refractivity contribution < 1.29 is 14.3 Å². The van der Waals surface area contributed by atoms with Crippen molar-refractivity contribution in [3.63, 3.8) is 0 Å². The average Bonchev–Trinajstić information content (AvgIpc) is 3.16. The van der Waals surface area contributed by atoms with E-state index >= 15 is 0 Å². The predicted molar refractivity (Wildman–Crippen MR) is 117 cm³/mol. The van der Waals surface area contributed by atoms with Crippen LogP contribution in [-0.4, -0.2) is 29.5 Å². The molecule has 30 heavy (non-hydrogen) atoms. The van der Waals surface area contributed by atoms with Crippen molar-refractivity contribution >= 4 is 17.4 Å². The number of methoxy groups -OCH3 is 2. The topological polar surface area (TPSA) is 64.9 Å². The molecular formula is C24H23N3O3. The maximum atomic E-state index is 12.8. The molecule has 0 saturated heterocycles. The summed E-state index contributed by atoms with van der Waals surface area (Å²) >= 11 is 0. The van der Waals surface area contributed by atoms with E-state index in [1.165, 1.54) is 0 Å². The molecule has 0 saturated carbocycles. The Labute approximate surface area is 175 Å². The first-order chi connectivity index (χ1) is 14.7. The van der Waals surface area contributed by atoms with Gasteiger partial charge in [-0.25, -0.2) is 4.98 Å². The van der Waals surface area contributed by atoms with Crippen LogP contribution in [0.4, 0.5) is 5.82 Å². The molecule has 0 unspecified atom stereocenters. The Balaban J connectivity index is 1.55. The van der Waals surface area contributed by atoms with Crippen LogP contribution in [0.5, 0.6) is 11.5 Å². The fourth-order valence-corrected chi connectivity index (χ4v) is 3.40. The second-order valence-corrected chi connectivity index (χ2v) is 6.84. The van der Waals surface area contributed by atoms with Gasteiger partial charge in [0, 0.05) is 18.2 Å². The quantitative estimate of drug-likeness (QED) is 0.492. The highest BCUT2D eigenvalue weighted by Gasteiger charge is 2.16. The second kappa shape index (κ2) is 8.69. The smallest absolute Gasteiger partial charge is 0.225 e. The first kappa shape index (κ1) is 19.5. The molecular weight excluding hydrogens is 378 g/mol. The number of anilines is 1. The summed E-state index contributed by atoms with van der Waals surface area (Å²) in [6, 6.07) is 21.3. The van der Waals surface area contributed by atoms with E-state index in [4.69, 9.17) is 14.5 Å². The number of aromatic nitrogens is 2. The Morgan fingerprint density at radius 2 is 1.73 bits per heavy atom. The van der Waals surface area contributed by atoms with Crippen LogP contribution in [0.3, 0.4) is 0 Å². The molecule has 0 aliphatic heterocycles. The van der Waals surface area contributed by atoms with Crippen molar-refractivity contribution in [3.05, 3.63) is 78.5 Å². The Morgan fingerprint density at radius 1 is 0.967 bits per heavy atom. The Bertz CT molecular complexity index is 1170. The molecule has 0 atom stereocenters. The molecule has 2 heterocycles. The highest BCUT2D eigenvalue weighted by atomic mass is 16.5. The van der Waals surface area contributed by atoms with E-state index in [0.717, 1.165) is 22.5 Å². The van der Waals surface area contributed by atoms with E-state index in [2.05, 4.69) is 5.32 Å². The van der Waals surface area contributed by atoms with Crippen molar-refractivity contribution in [2.45, 2.75) is 12.8 Å².